The molecule has 6 nitrogen and oxygen atoms in total. The van der Waals surface area contributed by atoms with Crippen LogP contribution >= 0.6 is 0 Å². The van der Waals surface area contributed by atoms with Crippen molar-refractivity contribution in [1.29, 1.82) is 0 Å². The monoisotopic (exact) mass is 373 g/mol. The fraction of sp³-hybridized carbons (Fsp3) is 0.421. The Hall–Kier alpha value is -2.77. The highest BCUT2D eigenvalue weighted by atomic mass is 19.1. The molecule has 0 spiro atoms. The first-order valence-electron chi connectivity index (χ1n) is 9.09. The van der Waals surface area contributed by atoms with Crippen LogP contribution in [0.2, 0.25) is 0 Å². The van der Waals surface area contributed by atoms with Crippen molar-refractivity contribution < 1.29 is 13.5 Å². The molecule has 8 heteroatoms. The third-order valence-corrected chi connectivity index (χ3v) is 4.99. The third kappa shape index (κ3) is 3.09. The largest absolute Gasteiger partial charge is 0.480 e. The molecule has 27 heavy (non-hydrogen) atoms. The number of halogens is 2. The predicted octanol–water partition coefficient (Wildman–Crippen LogP) is 3.77. The van der Waals surface area contributed by atoms with Crippen LogP contribution in [0.1, 0.15) is 31.2 Å². The van der Waals surface area contributed by atoms with Gasteiger partial charge >= 0.3 is 0 Å². The maximum atomic E-state index is 14.9. The van der Waals surface area contributed by atoms with Crippen molar-refractivity contribution in [1.82, 2.24) is 19.6 Å². The maximum absolute atomic E-state index is 14.9. The van der Waals surface area contributed by atoms with E-state index >= 15 is 0 Å². The molecule has 0 unspecified atom stereocenters. The van der Waals surface area contributed by atoms with Crippen molar-refractivity contribution in [2.24, 2.45) is 0 Å². The van der Waals surface area contributed by atoms with Crippen LogP contribution in [0, 0.1) is 18.6 Å². The lowest BCUT2D eigenvalue weighted by Crippen LogP contribution is -2.27. The fourth-order valence-electron chi connectivity index (χ4n) is 3.61. The summed E-state index contributed by atoms with van der Waals surface area (Å²) in [6.45, 7) is 3.13. The predicted molar refractivity (Wildman–Crippen MR) is 98.1 cm³/mol. The third-order valence-electron chi connectivity index (χ3n) is 4.99. The molecule has 3 aromatic rings. The molecule has 0 bridgehead atoms. The van der Waals surface area contributed by atoms with E-state index in [1.54, 1.807) is 4.52 Å². The van der Waals surface area contributed by atoms with Gasteiger partial charge in [0.1, 0.15) is 23.8 Å². The summed E-state index contributed by atoms with van der Waals surface area (Å²) in [7, 11) is 1.47. The van der Waals surface area contributed by atoms with Crippen molar-refractivity contribution in [2.75, 3.05) is 25.1 Å². The Bertz CT molecular complexity index is 980. The molecule has 0 atom stereocenters. The van der Waals surface area contributed by atoms with Gasteiger partial charge < -0.3 is 9.64 Å². The zero-order valence-electron chi connectivity index (χ0n) is 15.4. The molecule has 0 radical (unpaired) electrons. The van der Waals surface area contributed by atoms with Crippen LogP contribution in [-0.2, 0) is 0 Å². The van der Waals surface area contributed by atoms with E-state index in [1.165, 1.54) is 32.5 Å². The van der Waals surface area contributed by atoms with Gasteiger partial charge in [-0.3, -0.25) is 0 Å². The highest BCUT2D eigenvalue weighted by Gasteiger charge is 2.27. The van der Waals surface area contributed by atoms with Gasteiger partial charge in [0.2, 0.25) is 5.88 Å². The number of nitrogens with zero attached hydrogens (tertiary/aromatic N) is 5. The number of fused-ring (bicyclic) bond motifs is 1. The molecule has 2 aromatic heterocycles. The standard InChI is InChI=1S/C19H21F2N5O/c1-12-9-15(21)13(10-14(12)20)16-17(27-2)24-19-22-11-23-26(19)18(16)25-7-5-3-4-6-8-25/h9-11H,3-8H2,1-2H3. The molecule has 0 saturated carbocycles. The number of ether oxygens (including phenoxy) is 1. The summed E-state index contributed by atoms with van der Waals surface area (Å²) in [4.78, 5) is 10.7. The van der Waals surface area contributed by atoms with Gasteiger partial charge in [0, 0.05) is 18.7 Å². The molecule has 1 saturated heterocycles. The molecule has 142 valence electrons. The molecule has 0 aliphatic carbocycles. The molecule has 4 rings (SSSR count). The van der Waals surface area contributed by atoms with E-state index in [0.717, 1.165) is 38.8 Å². The molecule has 0 N–H and O–H groups in total. The summed E-state index contributed by atoms with van der Waals surface area (Å²) in [5, 5.41) is 4.29. The normalized spacial score (nSPS) is 15.2. The number of hydrogen-bond acceptors (Lipinski definition) is 5. The van der Waals surface area contributed by atoms with E-state index in [0.29, 0.717) is 17.2 Å². The summed E-state index contributed by atoms with van der Waals surface area (Å²) < 4.78 is 36.2. The van der Waals surface area contributed by atoms with Crippen LogP contribution in [0.4, 0.5) is 14.6 Å². The second-order valence-corrected chi connectivity index (χ2v) is 6.77. The van der Waals surface area contributed by atoms with Crippen LogP contribution in [-0.4, -0.2) is 39.8 Å². The van der Waals surface area contributed by atoms with Crippen LogP contribution in [0.5, 0.6) is 5.88 Å². The van der Waals surface area contributed by atoms with Gasteiger partial charge in [-0.15, -0.1) is 0 Å². The number of benzene rings is 1. The van der Waals surface area contributed by atoms with E-state index in [1.807, 2.05) is 0 Å². The number of aryl methyl sites for hydroxylation is 1. The summed E-state index contributed by atoms with van der Waals surface area (Å²) in [5.74, 6) is 0.205. The molecule has 1 aromatic carbocycles. The first kappa shape index (κ1) is 17.6. The first-order chi connectivity index (χ1) is 13.1. The lowest BCUT2D eigenvalue weighted by Gasteiger charge is -2.26. The van der Waals surface area contributed by atoms with Crippen molar-refractivity contribution in [3.05, 3.63) is 35.7 Å². The van der Waals surface area contributed by atoms with Crippen LogP contribution in [0.3, 0.4) is 0 Å². The van der Waals surface area contributed by atoms with Crippen LogP contribution < -0.4 is 9.64 Å². The highest BCUT2D eigenvalue weighted by molar-refractivity contribution is 5.82. The number of anilines is 1. The second-order valence-electron chi connectivity index (χ2n) is 6.77. The lowest BCUT2D eigenvalue weighted by molar-refractivity contribution is 0.399. The molecule has 1 aliphatic rings. The van der Waals surface area contributed by atoms with Gasteiger partial charge in [0.05, 0.1) is 12.7 Å². The number of hydrogen-bond donors (Lipinski definition) is 0. The van der Waals surface area contributed by atoms with Gasteiger partial charge in [0.15, 0.2) is 0 Å². The van der Waals surface area contributed by atoms with Crippen LogP contribution in [0.25, 0.3) is 16.9 Å². The Morgan fingerprint density at radius 2 is 1.78 bits per heavy atom. The summed E-state index contributed by atoms with van der Waals surface area (Å²) in [5.41, 5.74) is 0.759. The number of methoxy groups -OCH3 is 1. The molecule has 1 fully saturated rings. The molecule has 0 amide bonds. The molecular formula is C19H21F2N5O. The zero-order chi connectivity index (χ0) is 19.0. The first-order valence-corrected chi connectivity index (χ1v) is 9.09. The van der Waals surface area contributed by atoms with Crippen molar-refractivity contribution in [2.45, 2.75) is 32.6 Å². The summed E-state index contributed by atoms with van der Waals surface area (Å²) >= 11 is 0. The van der Waals surface area contributed by atoms with Gasteiger partial charge in [-0.25, -0.2) is 8.78 Å². The quantitative estimate of drug-likeness (QED) is 0.700. The Balaban J connectivity index is 2.03. The lowest BCUT2D eigenvalue weighted by atomic mass is 10.0. The molecule has 1 aliphatic heterocycles. The topological polar surface area (TPSA) is 55.6 Å². The minimum atomic E-state index is -0.524. The van der Waals surface area contributed by atoms with Gasteiger partial charge in [-0.2, -0.15) is 19.6 Å². The summed E-state index contributed by atoms with van der Waals surface area (Å²) in [6, 6.07) is 2.40. The van der Waals surface area contributed by atoms with E-state index in [-0.39, 0.29) is 17.0 Å². The van der Waals surface area contributed by atoms with Crippen molar-refractivity contribution in [3.8, 4) is 17.0 Å². The van der Waals surface area contributed by atoms with Gasteiger partial charge in [0.25, 0.3) is 5.78 Å². The smallest absolute Gasteiger partial charge is 0.257 e. The number of rotatable bonds is 3. The minimum absolute atomic E-state index is 0.110. The Morgan fingerprint density at radius 3 is 2.48 bits per heavy atom. The number of aromatic nitrogens is 4. The average Bonchev–Trinajstić information content (AvgIpc) is 2.96. The van der Waals surface area contributed by atoms with Gasteiger partial charge in [-0.05, 0) is 37.5 Å². The Morgan fingerprint density at radius 1 is 1.04 bits per heavy atom. The van der Waals surface area contributed by atoms with Crippen molar-refractivity contribution >= 4 is 11.6 Å². The van der Waals surface area contributed by atoms with Crippen molar-refractivity contribution in [3.63, 3.8) is 0 Å². The highest BCUT2D eigenvalue weighted by Crippen LogP contribution is 2.40. The zero-order valence-corrected chi connectivity index (χ0v) is 15.4. The average molecular weight is 373 g/mol. The Labute approximate surface area is 155 Å². The summed E-state index contributed by atoms with van der Waals surface area (Å²) in [6.07, 6.45) is 5.72. The fourth-order valence-corrected chi connectivity index (χ4v) is 3.61. The van der Waals surface area contributed by atoms with E-state index in [2.05, 4.69) is 20.0 Å². The van der Waals surface area contributed by atoms with E-state index < -0.39 is 11.6 Å². The Kier molecular flexibility index (Phi) is 4.63. The van der Waals surface area contributed by atoms with Gasteiger partial charge in [-0.1, -0.05) is 12.8 Å². The molecule has 3 heterocycles. The second kappa shape index (κ2) is 7.09. The van der Waals surface area contributed by atoms with E-state index in [9.17, 15) is 8.78 Å². The van der Waals surface area contributed by atoms with E-state index in [4.69, 9.17) is 4.74 Å². The SMILES string of the molecule is COc1nc2ncnn2c(N2CCCCCC2)c1-c1cc(F)c(C)cc1F. The minimum Gasteiger partial charge on any atom is -0.480 e. The molecular weight excluding hydrogens is 352 g/mol. The maximum Gasteiger partial charge on any atom is 0.257 e. The van der Waals surface area contributed by atoms with Crippen LogP contribution in [0.15, 0.2) is 18.5 Å².